The predicted octanol–water partition coefficient (Wildman–Crippen LogP) is 4.20. The van der Waals surface area contributed by atoms with Gasteiger partial charge in [0.25, 0.3) is 0 Å². The van der Waals surface area contributed by atoms with Crippen molar-refractivity contribution in [2.45, 2.75) is 54.4 Å². The number of Topliss-reactive ketones (excluding diaryl/α,β-unsaturated/α-hetero) is 1. The minimum absolute atomic E-state index is 0. The number of esters is 1. The van der Waals surface area contributed by atoms with Gasteiger partial charge in [-0.3, -0.25) is 9.59 Å². The van der Waals surface area contributed by atoms with Crippen molar-refractivity contribution in [2.75, 3.05) is 7.11 Å². The van der Waals surface area contributed by atoms with E-state index in [9.17, 15) is 9.59 Å². The summed E-state index contributed by atoms with van der Waals surface area (Å²) in [6.07, 6.45) is 9.64. The first-order chi connectivity index (χ1) is 19.6. The number of aromatic nitrogens is 3. The minimum atomic E-state index is -1.08. The molecule has 7 nitrogen and oxygen atoms in total. The van der Waals surface area contributed by atoms with Gasteiger partial charge < -0.3 is 25.0 Å². The molecule has 6 rings (SSSR count). The van der Waals surface area contributed by atoms with Crippen LogP contribution in [0.15, 0.2) is 18.0 Å². The Morgan fingerprint density at radius 3 is 2.21 bits per heavy atom. The fraction of sp³-hybridized carbons (Fsp3) is 0.353. The van der Waals surface area contributed by atoms with Crippen molar-refractivity contribution in [3.63, 3.8) is 0 Å². The van der Waals surface area contributed by atoms with E-state index in [-0.39, 0.29) is 40.7 Å². The van der Waals surface area contributed by atoms with Crippen molar-refractivity contribution in [1.29, 1.82) is 0 Å². The maximum absolute atomic E-state index is 13.9. The van der Waals surface area contributed by atoms with Crippen molar-refractivity contribution < 1.29 is 14.3 Å². The molecule has 0 aromatic carbocycles. The third kappa shape index (κ3) is 4.30. The van der Waals surface area contributed by atoms with E-state index in [1.807, 2.05) is 45.1 Å². The largest absolute Gasteiger partial charge is 2.00 e. The van der Waals surface area contributed by atoms with Crippen LogP contribution >= 0.6 is 0 Å². The molecule has 8 bridgehead atoms. The number of carbonyl (C=O) groups is 2. The second-order valence-electron chi connectivity index (χ2n) is 11.4. The van der Waals surface area contributed by atoms with Crippen molar-refractivity contribution in [3.8, 4) is 0 Å². The molecule has 0 amide bonds. The van der Waals surface area contributed by atoms with Crippen molar-refractivity contribution >= 4 is 64.7 Å². The predicted molar refractivity (Wildman–Crippen MR) is 166 cm³/mol. The zero-order valence-electron chi connectivity index (χ0n) is 25.4. The summed E-state index contributed by atoms with van der Waals surface area (Å²) in [7, 11) is 1.32. The van der Waals surface area contributed by atoms with E-state index < -0.39 is 11.9 Å². The molecule has 1 fully saturated rings. The summed E-state index contributed by atoms with van der Waals surface area (Å²) in [6, 6.07) is 0. The molecule has 3 aromatic heterocycles. The SMILES string of the molecule is C=Cc1c2[n-]c(c1C)/C=C1\[N-]/C(=C3\c4[n-]c(c(C)c4C(=O)[C@@H]3C(=O)OC)/C=c3\[n-]/c(c(C)c3C)=C\2)[C@@H](CCC)[C@@H]1C.[Mg+2]. The Hall–Kier alpha value is -3.49. The molecule has 1 saturated heterocycles. The molecule has 0 unspecified atom stereocenters. The Labute approximate surface area is 262 Å². The summed E-state index contributed by atoms with van der Waals surface area (Å²) in [5.41, 5.74) is 10.4. The van der Waals surface area contributed by atoms with Crippen LogP contribution in [0, 0.1) is 45.4 Å². The summed E-state index contributed by atoms with van der Waals surface area (Å²) < 4.78 is 5.16. The first-order valence-corrected chi connectivity index (χ1v) is 14.2. The van der Waals surface area contributed by atoms with Gasteiger partial charge in [-0.15, -0.1) is 33.5 Å². The average Bonchev–Trinajstić information content (AvgIpc) is 3.68. The Kier molecular flexibility index (Phi) is 7.83. The Bertz CT molecular complexity index is 1840. The Morgan fingerprint density at radius 1 is 0.952 bits per heavy atom. The molecule has 0 radical (unpaired) electrons. The second-order valence-corrected chi connectivity index (χ2v) is 11.4. The van der Waals surface area contributed by atoms with E-state index in [0.717, 1.165) is 74.1 Å². The molecule has 5 heterocycles. The van der Waals surface area contributed by atoms with Crippen LogP contribution in [-0.4, -0.2) is 41.9 Å². The zero-order valence-corrected chi connectivity index (χ0v) is 26.8. The van der Waals surface area contributed by atoms with E-state index in [2.05, 4.69) is 27.4 Å². The number of nitrogens with zero attached hydrogens (tertiary/aromatic N) is 4. The number of ether oxygens (including phenoxy) is 1. The molecule has 3 aliphatic rings. The molecule has 3 atom stereocenters. The van der Waals surface area contributed by atoms with Gasteiger partial charge in [0, 0.05) is 5.56 Å². The van der Waals surface area contributed by atoms with Gasteiger partial charge in [0.05, 0.1) is 7.11 Å². The monoisotopic (exact) mass is 570 g/mol. The van der Waals surface area contributed by atoms with Crippen LogP contribution in [0.2, 0.25) is 0 Å². The first kappa shape index (κ1) is 30.0. The van der Waals surface area contributed by atoms with Gasteiger partial charge in [0.15, 0.2) is 5.78 Å². The van der Waals surface area contributed by atoms with Crippen LogP contribution < -0.4 is 25.7 Å². The summed E-state index contributed by atoms with van der Waals surface area (Å²) in [4.78, 5) is 42.0. The number of ketones is 1. The normalized spacial score (nSPS) is 25.0. The molecule has 2 aliphatic heterocycles. The van der Waals surface area contributed by atoms with E-state index >= 15 is 0 Å². The topological polar surface area (TPSA) is 99.8 Å². The van der Waals surface area contributed by atoms with Crippen molar-refractivity contribution in [3.05, 3.63) is 90.1 Å². The van der Waals surface area contributed by atoms with Gasteiger partial charge in [0.2, 0.25) is 0 Å². The fourth-order valence-electron chi connectivity index (χ4n) is 6.59. The smallest absolute Gasteiger partial charge is 0.664 e. The average molecular weight is 571 g/mol. The van der Waals surface area contributed by atoms with Crippen LogP contribution in [-0.2, 0) is 9.53 Å². The molecule has 8 heteroatoms. The van der Waals surface area contributed by atoms with Gasteiger partial charge >= 0.3 is 29.0 Å². The summed E-state index contributed by atoms with van der Waals surface area (Å²) in [6.45, 7) is 16.4. The molecule has 3 aromatic rings. The summed E-state index contributed by atoms with van der Waals surface area (Å²) in [5.74, 6) is -1.84. The summed E-state index contributed by atoms with van der Waals surface area (Å²) in [5, 5.41) is 6.79. The van der Waals surface area contributed by atoms with Gasteiger partial charge in [-0.05, 0) is 51.5 Å². The van der Waals surface area contributed by atoms with Gasteiger partial charge in [-0.2, -0.15) is 11.4 Å². The minimum Gasteiger partial charge on any atom is -0.664 e. The van der Waals surface area contributed by atoms with Gasteiger partial charge in [-0.1, -0.05) is 79.0 Å². The van der Waals surface area contributed by atoms with E-state index in [4.69, 9.17) is 25.0 Å². The van der Waals surface area contributed by atoms with Crippen LogP contribution in [0.4, 0.5) is 0 Å². The zero-order chi connectivity index (χ0) is 29.3. The number of hydrogen-bond acceptors (Lipinski definition) is 3. The Morgan fingerprint density at radius 2 is 1.60 bits per heavy atom. The van der Waals surface area contributed by atoms with Gasteiger partial charge in [0.1, 0.15) is 5.92 Å². The van der Waals surface area contributed by atoms with Crippen LogP contribution in [0.25, 0.3) is 35.2 Å². The second kappa shape index (κ2) is 11.0. The fourth-order valence-corrected chi connectivity index (χ4v) is 6.59. The number of carbonyl (C=O) groups excluding carboxylic acids is 2. The molecule has 0 N–H and O–H groups in total. The third-order valence-electron chi connectivity index (χ3n) is 9.18. The number of hydrogen-bond donors (Lipinski definition) is 0. The summed E-state index contributed by atoms with van der Waals surface area (Å²) >= 11 is 0. The standard InChI is InChI=1S/C34H35N4O3.Mg/c1-9-11-21-18(6)25-13-24-17(5)20(10-2)27(36-24)14-23-16(4)15(3)22(35-23)12-26-19(7)28-32(38-26)29(31(21)37-25)30(33(28)39)34(40)41-8;/h10,12-14,18,21,30H,2,9,11H2,1,3-8H3,(H-,37,38,39);/q-3;+2/p-1/b22-12-,23-14-,25-13-;/t18-,21-,30+;/m0./s1. The van der Waals surface area contributed by atoms with Crippen molar-refractivity contribution in [1.82, 2.24) is 15.0 Å². The Balaban J connectivity index is 0.00000353. The molecular formula is C34H34MgN4O3-2. The number of fused-ring (bicyclic) bond motifs is 7. The van der Waals surface area contributed by atoms with Crippen LogP contribution in [0.1, 0.15) is 87.6 Å². The molecule has 212 valence electrons. The van der Waals surface area contributed by atoms with E-state index in [0.29, 0.717) is 22.5 Å². The molecular weight excluding hydrogens is 537 g/mol. The third-order valence-corrected chi connectivity index (χ3v) is 9.18. The maximum Gasteiger partial charge on any atom is 2.00 e. The molecule has 0 saturated carbocycles. The van der Waals surface area contributed by atoms with Gasteiger partial charge in [-0.25, -0.2) is 0 Å². The first-order valence-electron chi connectivity index (χ1n) is 14.2. The number of methoxy groups -OCH3 is 1. The van der Waals surface area contributed by atoms with Crippen molar-refractivity contribution in [2.24, 2.45) is 17.8 Å². The number of allylic oxidation sites excluding steroid dienone is 2. The van der Waals surface area contributed by atoms with E-state index in [1.54, 1.807) is 0 Å². The maximum atomic E-state index is 13.9. The van der Waals surface area contributed by atoms with Crippen LogP contribution in [0.5, 0.6) is 0 Å². The number of rotatable bonds is 4. The van der Waals surface area contributed by atoms with Crippen LogP contribution in [0.3, 0.4) is 0 Å². The molecule has 0 spiro atoms. The quantitative estimate of drug-likeness (QED) is 0.265. The van der Waals surface area contributed by atoms with E-state index in [1.165, 1.54) is 7.11 Å². The molecule has 42 heavy (non-hydrogen) atoms. The molecule has 1 aliphatic carbocycles.